The van der Waals surface area contributed by atoms with E-state index in [2.05, 4.69) is 25.3 Å². The summed E-state index contributed by atoms with van der Waals surface area (Å²) in [6.45, 7) is 0. The number of carbonyl (C=O) groups excluding carboxylic acids is 1. The second-order valence-electron chi connectivity index (χ2n) is 6.90. The fraction of sp³-hybridized carbons (Fsp3) is 0.182. The van der Waals surface area contributed by atoms with Gasteiger partial charge >= 0.3 is 6.01 Å². The summed E-state index contributed by atoms with van der Waals surface area (Å²) >= 11 is 5.17. The van der Waals surface area contributed by atoms with Gasteiger partial charge in [-0.3, -0.25) is 9.52 Å². The topological polar surface area (TPSA) is 132 Å². The summed E-state index contributed by atoms with van der Waals surface area (Å²) in [5.41, 5.74) is 1.57. The molecule has 1 aromatic heterocycles. The number of thiocarbonyl (C=S) groups is 1. The molecule has 0 aliphatic carbocycles. The van der Waals surface area contributed by atoms with Crippen LogP contribution in [0.5, 0.6) is 11.9 Å². The zero-order valence-electron chi connectivity index (χ0n) is 18.4. The van der Waals surface area contributed by atoms with Gasteiger partial charge in [0.2, 0.25) is 11.8 Å². The maximum absolute atomic E-state index is 12.7. The number of nitrogens with zero attached hydrogens (tertiary/aromatic N) is 2. The Hall–Kier alpha value is -3.77. The molecule has 34 heavy (non-hydrogen) atoms. The summed E-state index contributed by atoms with van der Waals surface area (Å²) in [6.07, 6.45) is 0.881. The molecule has 0 saturated carbocycles. The highest BCUT2D eigenvalue weighted by Gasteiger charge is 2.17. The lowest BCUT2D eigenvalue weighted by Gasteiger charge is -2.12. The molecule has 1 heterocycles. The zero-order valence-corrected chi connectivity index (χ0v) is 20.1. The van der Waals surface area contributed by atoms with Crippen LogP contribution in [-0.2, 0) is 21.2 Å². The second-order valence-corrected chi connectivity index (χ2v) is 8.99. The van der Waals surface area contributed by atoms with Gasteiger partial charge in [0.25, 0.3) is 10.0 Å². The van der Waals surface area contributed by atoms with Gasteiger partial charge in [0.1, 0.15) is 0 Å². The number of nitrogens with one attached hydrogen (secondary N) is 3. The quantitative estimate of drug-likeness (QED) is 0.379. The monoisotopic (exact) mass is 501 g/mol. The third-order valence-electron chi connectivity index (χ3n) is 4.47. The molecular weight excluding hydrogens is 478 g/mol. The largest absolute Gasteiger partial charge is 0.481 e. The van der Waals surface area contributed by atoms with Gasteiger partial charge < -0.3 is 20.1 Å². The number of hydrogen-bond donors (Lipinski definition) is 3. The molecule has 3 N–H and O–H groups in total. The fourth-order valence-corrected chi connectivity index (χ4v) is 4.04. The molecule has 1 amide bonds. The normalized spacial score (nSPS) is 10.8. The zero-order chi connectivity index (χ0) is 24.6. The van der Waals surface area contributed by atoms with Gasteiger partial charge in [0.15, 0.2) is 10.9 Å². The van der Waals surface area contributed by atoms with Crippen LogP contribution in [0.3, 0.4) is 0 Å². The highest BCUT2D eigenvalue weighted by molar-refractivity contribution is 7.92. The first-order chi connectivity index (χ1) is 16.3. The van der Waals surface area contributed by atoms with Crippen LogP contribution in [0.1, 0.15) is 12.0 Å². The Kier molecular flexibility index (Phi) is 8.33. The lowest BCUT2D eigenvalue weighted by molar-refractivity contribution is -0.119. The highest BCUT2D eigenvalue weighted by atomic mass is 32.2. The molecule has 0 atom stereocenters. The van der Waals surface area contributed by atoms with Crippen molar-refractivity contribution in [3.8, 4) is 11.9 Å². The summed E-state index contributed by atoms with van der Waals surface area (Å²) < 4.78 is 37.7. The van der Waals surface area contributed by atoms with Crippen LogP contribution in [0.2, 0.25) is 0 Å². The van der Waals surface area contributed by atoms with E-state index in [0.717, 1.165) is 5.56 Å². The highest BCUT2D eigenvalue weighted by Crippen LogP contribution is 2.21. The maximum atomic E-state index is 12.7. The molecule has 0 fully saturated rings. The predicted octanol–water partition coefficient (Wildman–Crippen LogP) is 2.74. The van der Waals surface area contributed by atoms with Crippen molar-refractivity contribution in [3.05, 3.63) is 66.2 Å². The van der Waals surface area contributed by atoms with Crippen molar-refractivity contribution in [2.75, 3.05) is 24.3 Å². The summed E-state index contributed by atoms with van der Waals surface area (Å²) in [5, 5.41) is 5.59. The van der Waals surface area contributed by atoms with E-state index in [1.165, 1.54) is 44.6 Å². The number of anilines is 2. The van der Waals surface area contributed by atoms with Crippen LogP contribution in [0.15, 0.2) is 65.6 Å². The number of benzene rings is 2. The molecule has 0 aliphatic heterocycles. The van der Waals surface area contributed by atoms with E-state index in [0.29, 0.717) is 12.1 Å². The first kappa shape index (κ1) is 24.9. The van der Waals surface area contributed by atoms with E-state index in [9.17, 15) is 13.2 Å². The molecular formula is C22H23N5O5S2. The molecule has 0 spiro atoms. The number of aromatic nitrogens is 2. The van der Waals surface area contributed by atoms with Crippen LogP contribution in [0.25, 0.3) is 0 Å². The van der Waals surface area contributed by atoms with E-state index < -0.39 is 10.0 Å². The van der Waals surface area contributed by atoms with Crippen molar-refractivity contribution in [1.82, 2.24) is 15.3 Å². The van der Waals surface area contributed by atoms with Crippen LogP contribution in [0, 0.1) is 0 Å². The van der Waals surface area contributed by atoms with Crippen LogP contribution >= 0.6 is 12.2 Å². The minimum Gasteiger partial charge on any atom is -0.481 e. The first-order valence-electron chi connectivity index (χ1n) is 10.0. The third-order valence-corrected chi connectivity index (χ3v) is 6.05. The van der Waals surface area contributed by atoms with Gasteiger partial charge in [0, 0.05) is 18.2 Å². The second kappa shape index (κ2) is 11.4. The summed E-state index contributed by atoms with van der Waals surface area (Å²) in [4.78, 5) is 20.0. The Labute approximate surface area is 202 Å². The first-order valence-corrected chi connectivity index (χ1v) is 11.9. The summed E-state index contributed by atoms with van der Waals surface area (Å²) in [6, 6.07) is 16.8. The summed E-state index contributed by atoms with van der Waals surface area (Å²) in [5.74, 6) is -0.0887. The number of sulfonamides is 1. The number of ether oxygens (including phenoxy) is 2. The Morgan fingerprint density at radius 1 is 1.00 bits per heavy atom. The van der Waals surface area contributed by atoms with Crippen molar-refractivity contribution in [2.24, 2.45) is 0 Å². The molecule has 0 radical (unpaired) electrons. The van der Waals surface area contributed by atoms with Gasteiger partial charge in [-0.2, -0.15) is 9.97 Å². The molecule has 0 unspecified atom stereocenters. The maximum Gasteiger partial charge on any atom is 0.321 e. The van der Waals surface area contributed by atoms with Crippen LogP contribution in [-0.4, -0.2) is 43.6 Å². The number of aryl methyl sites for hydroxylation is 1. The Bertz CT molecular complexity index is 1230. The SMILES string of the molecule is COc1cc(NS(=O)(=O)c2ccc(NC(=S)NC(=O)CCc3ccccc3)cc2)nc(OC)n1. The molecule has 0 saturated heterocycles. The predicted molar refractivity (Wildman–Crippen MR) is 132 cm³/mol. The number of carbonyl (C=O) groups is 1. The standard InChI is InChI=1S/C22H23N5O5S2/c1-31-20-14-18(24-21(26-20)32-2)27-34(29,30)17-11-9-16(10-12-17)23-22(33)25-19(28)13-8-15-6-4-3-5-7-15/h3-7,9-12,14H,8,13H2,1-2H3,(H,24,26,27)(H2,23,25,28,33). The Balaban J connectivity index is 1.57. The van der Waals surface area contributed by atoms with Crippen LogP contribution < -0.4 is 24.8 Å². The molecule has 3 rings (SSSR count). The van der Waals surface area contributed by atoms with Gasteiger partial charge in [-0.15, -0.1) is 0 Å². The lowest BCUT2D eigenvalue weighted by atomic mass is 10.1. The minimum absolute atomic E-state index is 0.00703. The number of amides is 1. The van der Waals surface area contributed by atoms with Gasteiger partial charge in [0.05, 0.1) is 19.1 Å². The number of rotatable bonds is 9. The van der Waals surface area contributed by atoms with Crippen molar-refractivity contribution in [2.45, 2.75) is 17.7 Å². The van der Waals surface area contributed by atoms with Crippen molar-refractivity contribution < 1.29 is 22.7 Å². The van der Waals surface area contributed by atoms with E-state index in [1.807, 2.05) is 30.3 Å². The van der Waals surface area contributed by atoms with E-state index in [-0.39, 0.29) is 40.0 Å². The molecule has 0 aliphatic rings. The lowest BCUT2D eigenvalue weighted by Crippen LogP contribution is -2.34. The van der Waals surface area contributed by atoms with E-state index >= 15 is 0 Å². The molecule has 0 bridgehead atoms. The third kappa shape index (κ3) is 7.12. The van der Waals surface area contributed by atoms with Gasteiger partial charge in [-0.25, -0.2) is 8.42 Å². The molecule has 178 valence electrons. The summed E-state index contributed by atoms with van der Waals surface area (Å²) in [7, 11) is -1.20. The molecule has 10 nitrogen and oxygen atoms in total. The number of hydrogen-bond acceptors (Lipinski definition) is 8. The van der Waals surface area contributed by atoms with Gasteiger partial charge in [-0.05, 0) is 48.5 Å². The van der Waals surface area contributed by atoms with E-state index in [4.69, 9.17) is 21.7 Å². The average molecular weight is 502 g/mol. The molecule has 3 aromatic rings. The number of methoxy groups -OCH3 is 2. The average Bonchev–Trinajstić information content (AvgIpc) is 2.83. The Morgan fingerprint density at radius 2 is 1.71 bits per heavy atom. The molecule has 12 heteroatoms. The van der Waals surface area contributed by atoms with Crippen LogP contribution in [0.4, 0.5) is 11.5 Å². The fourth-order valence-electron chi connectivity index (χ4n) is 2.82. The van der Waals surface area contributed by atoms with Crippen molar-refractivity contribution in [1.29, 1.82) is 0 Å². The molecule has 2 aromatic carbocycles. The van der Waals surface area contributed by atoms with Crippen molar-refractivity contribution >= 4 is 44.8 Å². The van der Waals surface area contributed by atoms with E-state index in [1.54, 1.807) is 0 Å². The van der Waals surface area contributed by atoms with Gasteiger partial charge in [-0.1, -0.05) is 30.3 Å². The van der Waals surface area contributed by atoms with Crippen molar-refractivity contribution in [3.63, 3.8) is 0 Å². The smallest absolute Gasteiger partial charge is 0.321 e. The minimum atomic E-state index is -3.94. The Morgan fingerprint density at radius 3 is 2.35 bits per heavy atom.